The Balaban J connectivity index is 1.90. The SMILES string of the molecule is Cc1ccnc(NCCOc2ccc(N)cc2)c1[N+](=O)[O-]. The number of nitrogens with two attached hydrogens (primary N) is 1. The number of nitrogen functional groups attached to an aromatic ring is 1. The maximum absolute atomic E-state index is 11.0. The number of nitrogens with zero attached hydrogens (tertiary/aromatic N) is 2. The number of anilines is 2. The summed E-state index contributed by atoms with van der Waals surface area (Å²) in [5.74, 6) is 0.943. The third kappa shape index (κ3) is 3.82. The molecule has 2 aromatic rings. The van der Waals surface area contributed by atoms with E-state index in [0.29, 0.717) is 30.2 Å². The fourth-order valence-corrected chi connectivity index (χ4v) is 1.81. The van der Waals surface area contributed by atoms with Crippen LogP contribution in [0.25, 0.3) is 0 Å². The van der Waals surface area contributed by atoms with Crippen LogP contribution in [-0.4, -0.2) is 23.1 Å². The molecule has 7 heteroatoms. The number of nitro groups is 1. The van der Waals surface area contributed by atoms with Crippen LogP contribution in [0.3, 0.4) is 0 Å². The van der Waals surface area contributed by atoms with Crippen molar-refractivity contribution in [1.29, 1.82) is 0 Å². The van der Waals surface area contributed by atoms with Gasteiger partial charge >= 0.3 is 5.69 Å². The summed E-state index contributed by atoms with van der Waals surface area (Å²) >= 11 is 0. The highest BCUT2D eigenvalue weighted by atomic mass is 16.6. The largest absolute Gasteiger partial charge is 0.492 e. The summed E-state index contributed by atoms with van der Waals surface area (Å²) < 4.78 is 5.50. The number of aryl methyl sites for hydroxylation is 1. The Labute approximate surface area is 121 Å². The maximum Gasteiger partial charge on any atom is 0.314 e. The molecule has 0 bridgehead atoms. The molecule has 0 amide bonds. The van der Waals surface area contributed by atoms with Crippen molar-refractivity contribution in [3.8, 4) is 5.75 Å². The summed E-state index contributed by atoms with van der Waals surface area (Å²) in [5, 5.41) is 13.9. The normalized spacial score (nSPS) is 10.1. The van der Waals surface area contributed by atoms with Crippen molar-refractivity contribution in [2.24, 2.45) is 0 Å². The van der Waals surface area contributed by atoms with E-state index in [0.717, 1.165) is 0 Å². The Kier molecular flexibility index (Phi) is 4.55. The van der Waals surface area contributed by atoms with Gasteiger partial charge in [0, 0.05) is 17.4 Å². The molecule has 3 N–H and O–H groups in total. The molecule has 0 saturated carbocycles. The van der Waals surface area contributed by atoms with Crippen molar-refractivity contribution >= 4 is 17.2 Å². The summed E-state index contributed by atoms with van der Waals surface area (Å²) in [4.78, 5) is 14.6. The second kappa shape index (κ2) is 6.56. The van der Waals surface area contributed by atoms with E-state index in [1.165, 1.54) is 6.20 Å². The van der Waals surface area contributed by atoms with Crippen LogP contribution in [0.1, 0.15) is 5.56 Å². The minimum Gasteiger partial charge on any atom is -0.492 e. The average Bonchev–Trinajstić information content (AvgIpc) is 2.45. The van der Waals surface area contributed by atoms with Gasteiger partial charge < -0.3 is 15.8 Å². The molecule has 0 saturated heterocycles. The molecule has 0 fully saturated rings. The van der Waals surface area contributed by atoms with E-state index in [2.05, 4.69) is 10.3 Å². The zero-order valence-corrected chi connectivity index (χ0v) is 11.6. The van der Waals surface area contributed by atoms with E-state index in [1.54, 1.807) is 37.3 Å². The molecule has 110 valence electrons. The first-order valence-corrected chi connectivity index (χ1v) is 6.40. The molecule has 0 aliphatic rings. The molecule has 0 aliphatic carbocycles. The van der Waals surface area contributed by atoms with E-state index in [4.69, 9.17) is 10.5 Å². The smallest absolute Gasteiger partial charge is 0.314 e. The van der Waals surface area contributed by atoms with Crippen LogP contribution in [0.2, 0.25) is 0 Å². The number of hydrogen-bond acceptors (Lipinski definition) is 6. The number of pyridine rings is 1. The fourth-order valence-electron chi connectivity index (χ4n) is 1.81. The second-order valence-electron chi connectivity index (χ2n) is 4.43. The van der Waals surface area contributed by atoms with Crippen molar-refractivity contribution in [3.63, 3.8) is 0 Å². The molecule has 0 aliphatic heterocycles. The van der Waals surface area contributed by atoms with E-state index in [-0.39, 0.29) is 11.5 Å². The monoisotopic (exact) mass is 288 g/mol. The molecular formula is C14H16N4O3. The van der Waals surface area contributed by atoms with E-state index in [9.17, 15) is 10.1 Å². The predicted octanol–water partition coefficient (Wildman–Crippen LogP) is 2.37. The van der Waals surface area contributed by atoms with Crippen LogP contribution in [0.4, 0.5) is 17.2 Å². The zero-order chi connectivity index (χ0) is 15.2. The molecule has 0 unspecified atom stereocenters. The average molecular weight is 288 g/mol. The van der Waals surface area contributed by atoms with Crippen molar-refractivity contribution in [2.75, 3.05) is 24.2 Å². The van der Waals surface area contributed by atoms with Crippen molar-refractivity contribution in [2.45, 2.75) is 6.92 Å². The molecule has 2 rings (SSSR count). The van der Waals surface area contributed by atoms with Gasteiger partial charge in [0.15, 0.2) is 0 Å². The van der Waals surface area contributed by atoms with Gasteiger partial charge in [-0.3, -0.25) is 10.1 Å². The summed E-state index contributed by atoms with van der Waals surface area (Å²) in [5.41, 5.74) is 6.80. The number of rotatable bonds is 6. The van der Waals surface area contributed by atoms with Crippen molar-refractivity contribution in [3.05, 3.63) is 52.2 Å². The summed E-state index contributed by atoms with van der Waals surface area (Å²) in [6.07, 6.45) is 1.53. The summed E-state index contributed by atoms with van der Waals surface area (Å²) in [7, 11) is 0. The lowest BCUT2D eigenvalue weighted by Gasteiger charge is -2.09. The lowest BCUT2D eigenvalue weighted by molar-refractivity contribution is -0.384. The van der Waals surface area contributed by atoms with Gasteiger partial charge in [-0.2, -0.15) is 0 Å². The van der Waals surface area contributed by atoms with Crippen LogP contribution in [0.15, 0.2) is 36.5 Å². The third-order valence-electron chi connectivity index (χ3n) is 2.85. The van der Waals surface area contributed by atoms with Crippen molar-refractivity contribution < 1.29 is 9.66 Å². The van der Waals surface area contributed by atoms with E-state index in [1.807, 2.05) is 0 Å². The van der Waals surface area contributed by atoms with Crippen LogP contribution < -0.4 is 15.8 Å². The van der Waals surface area contributed by atoms with Crippen molar-refractivity contribution in [1.82, 2.24) is 4.98 Å². The summed E-state index contributed by atoms with van der Waals surface area (Å²) in [6.45, 7) is 2.44. The van der Waals surface area contributed by atoms with E-state index >= 15 is 0 Å². The highest BCUT2D eigenvalue weighted by molar-refractivity contribution is 5.59. The van der Waals surface area contributed by atoms with Gasteiger partial charge in [-0.15, -0.1) is 0 Å². The first kappa shape index (κ1) is 14.6. The predicted molar refractivity (Wildman–Crippen MR) is 80.5 cm³/mol. The molecule has 1 heterocycles. The molecular weight excluding hydrogens is 272 g/mol. The maximum atomic E-state index is 11.0. The van der Waals surface area contributed by atoms with Gasteiger partial charge in [-0.25, -0.2) is 4.98 Å². The standard InChI is InChI=1S/C14H16N4O3/c1-10-6-7-16-14(13(10)18(19)20)17-8-9-21-12-4-2-11(15)3-5-12/h2-7H,8-9,15H2,1H3,(H,16,17). The Morgan fingerprint density at radius 3 is 2.71 bits per heavy atom. The molecule has 0 atom stereocenters. The highest BCUT2D eigenvalue weighted by Crippen LogP contribution is 2.25. The van der Waals surface area contributed by atoms with E-state index < -0.39 is 4.92 Å². The van der Waals surface area contributed by atoms with Crippen LogP contribution in [0, 0.1) is 17.0 Å². The highest BCUT2D eigenvalue weighted by Gasteiger charge is 2.17. The van der Waals surface area contributed by atoms with Gasteiger partial charge in [0.2, 0.25) is 5.82 Å². The minimum atomic E-state index is -0.439. The Hall–Kier alpha value is -2.83. The lowest BCUT2D eigenvalue weighted by atomic mass is 10.2. The summed E-state index contributed by atoms with van der Waals surface area (Å²) in [6, 6.07) is 8.63. The third-order valence-corrected chi connectivity index (χ3v) is 2.85. The molecule has 21 heavy (non-hydrogen) atoms. The number of nitrogens with one attached hydrogen (secondary N) is 1. The number of ether oxygens (including phenoxy) is 1. The Morgan fingerprint density at radius 1 is 1.33 bits per heavy atom. The lowest BCUT2D eigenvalue weighted by Crippen LogP contribution is -2.13. The molecule has 7 nitrogen and oxygen atoms in total. The zero-order valence-electron chi connectivity index (χ0n) is 11.6. The van der Waals surface area contributed by atoms with Gasteiger partial charge in [-0.1, -0.05) is 0 Å². The first-order chi connectivity index (χ1) is 10.1. The Bertz CT molecular complexity index is 629. The minimum absolute atomic E-state index is 0.00927. The molecule has 1 aromatic carbocycles. The van der Waals surface area contributed by atoms with Gasteiger partial charge in [0.25, 0.3) is 0 Å². The van der Waals surface area contributed by atoms with Gasteiger partial charge in [-0.05, 0) is 37.3 Å². The first-order valence-electron chi connectivity index (χ1n) is 6.40. The quantitative estimate of drug-likeness (QED) is 0.366. The fraction of sp³-hybridized carbons (Fsp3) is 0.214. The van der Waals surface area contributed by atoms with Crippen LogP contribution >= 0.6 is 0 Å². The molecule has 0 radical (unpaired) electrons. The van der Waals surface area contributed by atoms with Crippen LogP contribution in [-0.2, 0) is 0 Å². The van der Waals surface area contributed by atoms with Gasteiger partial charge in [0.05, 0.1) is 11.5 Å². The Morgan fingerprint density at radius 2 is 2.05 bits per heavy atom. The topological polar surface area (TPSA) is 103 Å². The van der Waals surface area contributed by atoms with Crippen LogP contribution in [0.5, 0.6) is 5.75 Å². The molecule has 1 aromatic heterocycles. The number of benzene rings is 1. The second-order valence-corrected chi connectivity index (χ2v) is 4.43. The van der Waals surface area contributed by atoms with Gasteiger partial charge in [0.1, 0.15) is 12.4 Å². The molecule has 0 spiro atoms. The number of aromatic nitrogens is 1. The number of hydrogen-bond donors (Lipinski definition) is 2.